The van der Waals surface area contributed by atoms with Gasteiger partial charge in [-0.25, -0.2) is 4.79 Å². The van der Waals surface area contributed by atoms with E-state index >= 15 is 0 Å². The summed E-state index contributed by atoms with van der Waals surface area (Å²) < 4.78 is 12.7. The number of rotatable bonds is 8. The van der Waals surface area contributed by atoms with E-state index in [-0.39, 0.29) is 0 Å². The van der Waals surface area contributed by atoms with Crippen LogP contribution in [-0.2, 0) is 17.8 Å². The normalized spacial score (nSPS) is 17.3. The summed E-state index contributed by atoms with van der Waals surface area (Å²) in [5.74, 6) is 0.795. The molecule has 2 N–H and O–H groups in total. The number of carboxylic acids is 1. The second-order valence-corrected chi connectivity index (χ2v) is 9.28. The molecule has 0 spiro atoms. The Balaban J connectivity index is 1.50. The molecule has 1 aromatic heterocycles. The number of aromatic hydroxyl groups is 1. The van der Waals surface area contributed by atoms with Crippen molar-refractivity contribution in [3.05, 3.63) is 70.0 Å². The van der Waals surface area contributed by atoms with Crippen LogP contribution in [0.3, 0.4) is 0 Å². The lowest BCUT2D eigenvalue weighted by Crippen LogP contribution is -2.38. The molecule has 0 saturated heterocycles. The van der Waals surface area contributed by atoms with Crippen LogP contribution in [0.15, 0.2) is 36.7 Å². The number of phenols is 1. The summed E-state index contributed by atoms with van der Waals surface area (Å²) in [5, 5.41) is 27.8. The highest BCUT2D eigenvalue weighted by Crippen LogP contribution is 2.44. The van der Waals surface area contributed by atoms with E-state index in [0.717, 1.165) is 52.5 Å². The number of hydrogen-bond donors (Lipinski definition) is 2. The summed E-state index contributed by atoms with van der Waals surface area (Å²) in [6.45, 7) is 8.80. The fourth-order valence-corrected chi connectivity index (χ4v) is 4.44. The van der Waals surface area contributed by atoms with E-state index in [9.17, 15) is 9.90 Å². The minimum Gasteiger partial charge on any atom is -0.507 e. The standard InChI is InChI=1S/C27H31N3O5/c1-17-18(2)26-22(19(3)25(17)33)9-10-27(4,35-26)11-14-34-23-15-20(16-30-28-12-13-29-30)5-6-21(23)7-8-24(31)32/h5-8,12-13,15,33H,9-11,14,16H2,1-4H3,(H,31,32). The van der Waals surface area contributed by atoms with Gasteiger partial charge < -0.3 is 19.7 Å². The summed E-state index contributed by atoms with van der Waals surface area (Å²) in [6, 6.07) is 5.64. The summed E-state index contributed by atoms with van der Waals surface area (Å²) in [5.41, 5.74) is 4.99. The third kappa shape index (κ3) is 5.31. The zero-order chi connectivity index (χ0) is 25.2. The smallest absolute Gasteiger partial charge is 0.328 e. The van der Waals surface area contributed by atoms with Crippen molar-refractivity contribution in [2.45, 2.75) is 59.1 Å². The number of ether oxygens (including phenoxy) is 2. The lowest BCUT2D eigenvalue weighted by atomic mass is 9.86. The van der Waals surface area contributed by atoms with Crippen molar-refractivity contribution in [1.29, 1.82) is 0 Å². The molecule has 0 amide bonds. The van der Waals surface area contributed by atoms with Gasteiger partial charge in [-0.15, -0.1) is 0 Å². The van der Waals surface area contributed by atoms with E-state index in [0.29, 0.717) is 36.6 Å². The molecule has 35 heavy (non-hydrogen) atoms. The predicted octanol–water partition coefficient (Wildman–Crippen LogP) is 4.61. The SMILES string of the molecule is Cc1c(C)c2c(c(C)c1O)CCC(C)(CCOc1cc(Cn3nccn3)ccc1C=CC(=O)O)O2. The minimum atomic E-state index is -1.02. The topological polar surface area (TPSA) is 107 Å². The van der Waals surface area contributed by atoms with Gasteiger partial charge in [-0.05, 0) is 74.9 Å². The largest absolute Gasteiger partial charge is 0.507 e. The maximum absolute atomic E-state index is 11.0. The molecule has 0 bridgehead atoms. The number of carboxylic acid groups (broad SMARTS) is 1. The minimum absolute atomic E-state index is 0.351. The van der Waals surface area contributed by atoms with Crippen molar-refractivity contribution in [2.75, 3.05) is 6.61 Å². The summed E-state index contributed by atoms with van der Waals surface area (Å²) in [6.07, 6.45) is 8.16. The van der Waals surface area contributed by atoms with Crippen molar-refractivity contribution in [1.82, 2.24) is 15.0 Å². The van der Waals surface area contributed by atoms with Crippen LogP contribution < -0.4 is 9.47 Å². The first-order chi connectivity index (χ1) is 16.7. The van der Waals surface area contributed by atoms with Crippen LogP contribution in [0.1, 0.15) is 53.1 Å². The van der Waals surface area contributed by atoms with Crippen molar-refractivity contribution in [2.24, 2.45) is 0 Å². The van der Waals surface area contributed by atoms with Crippen molar-refractivity contribution in [3.8, 4) is 17.2 Å². The molecule has 184 valence electrons. The monoisotopic (exact) mass is 477 g/mol. The van der Waals surface area contributed by atoms with Crippen LogP contribution in [0, 0.1) is 20.8 Å². The molecule has 2 heterocycles. The third-order valence-electron chi connectivity index (χ3n) is 6.76. The number of phenolic OH excluding ortho intramolecular Hbond substituents is 1. The Bertz CT molecular complexity index is 1270. The van der Waals surface area contributed by atoms with E-state index in [4.69, 9.17) is 14.6 Å². The Hall–Kier alpha value is -3.81. The Kier molecular flexibility index (Phi) is 6.82. The predicted molar refractivity (Wildman–Crippen MR) is 132 cm³/mol. The molecule has 0 saturated carbocycles. The van der Waals surface area contributed by atoms with Crippen LogP contribution >= 0.6 is 0 Å². The quantitative estimate of drug-likeness (QED) is 0.456. The molecule has 2 aromatic carbocycles. The van der Waals surface area contributed by atoms with Gasteiger partial charge in [0, 0.05) is 23.6 Å². The number of hydrogen-bond acceptors (Lipinski definition) is 6. The van der Waals surface area contributed by atoms with Crippen LogP contribution in [0.4, 0.5) is 0 Å². The van der Waals surface area contributed by atoms with Crippen LogP contribution in [-0.4, -0.2) is 43.4 Å². The number of nitrogens with zero attached hydrogens (tertiary/aromatic N) is 3. The van der Waals surface area contributed by atoms with Gasteiger partial charge in [-0.3, -0.25) is 0 Å². The van der Waals surface area contributed by atoms with Crippen LogP contribution in [0.5, 0.6) is 17.2 Å². The van der Waals surface area contributed by atoms with Gasteiger partial charge in [0.2, 0.25) is 0 Å². The molecular formula is C27H31N3O5. The summed E-state index contributed by atoms with van der Waals surface area (Å²) >= 11 is 0. The Morgan fingerprint density at radius 1 is 1.20 bits per heavy atom. The second kappa shape index (κ2) is 9.82. The van der Waals surface area contributed by atoms with Crippen LogP contribution in [0.2, 0.25) is 0 Å². The molecule has 0 aliphatic carbocycles. The average molecular weight is 478 g/mol. The van der Waals surface area contributed by atoms with Gasteiger partial charge in [-0.1, -0.05) is 12.1 Å². The molecule has 1 unspecified atom stereocenters. The van der Waals surface area contributed by atoms with Gasteiger partial charge >= 0.3 is 5.97 Å². The lowest BCUT2D eigenvalue weighted by molar-refractivity contribution is -0.131. The second-order valence-electron chi connectivity index (χ2n) is 9.28. The average Bonchev–Trinajstić information content (AvgIpc) is 3.33. The van der Waals surface area contributed by atoms with Crippen molar-refractivity contribution < 1.29 is 24.5 Å². The van der Waals surface area contributed by atoms with Gasteiger partial charge in [-0.2, -0.15) is 15.0 Å². The van der Waals surface area contributed by atoms with Crippen LogP contribution in [0.25, 0.3) is 6.08 Å². The van der Waals surface area contributed by atoms with Crippen molar-refractivity contribution >= 4 is 12.0 Å². The molecular weight excluding hydrogens is 446 g/mol. The van der Waals surface area contributed by atoms with E-state index in [2.05, 4.69) is 17.1 Å². The Labute approximate surface area is 204 Å². The first-order valence-corrected chi connectivity index (χ1v) is 11.7. The molecule has 4 rings (SSSR count). The zero-order valence-corrected chi connectivity index (χ0v) is 20.5. The molecule has 8 nitrogen and oxygen atoms in total. The molecule has 1 aliphatic rings. The first kappa shape index (κ1) is 24.3. The number of benzene rings is 2. The van der Waals surface area contributed by atoms with Crippen molar-refractivity contribution in [3.63, 3.8) is 0 Å². The van der Waals surface area contributed by atoms with E-state index in [1.807, 2.05) is 39.0 Å². The molecule has 3 aromatic rings. The maximum atomic E-state index is 11.0. The zero-order valence-electron chi connectivity index (χ0n) is 20.5. The van der Waals surface area contributed by atoms with Gasteiger partial charge in [0.1, 0.15) is 22.8 Å². The Morgan fingerprint density at radius 2 is 1.94 bits per heavy atom. The highest BCUT2D eigenvalue weighted by molar-refractivity contribution is 5.85. The van der Waals surface area contributed by atoms with Gasteiger partial charge in [0.25, 0.3) is 0 Å². The highest BCUT2D eigenvalue weighted by Gasteiger charge is 2.34. The van der Waals surface area contributed by atoms with E-state index in [1.165, 1.54) is 6.08 Å². The number of fused-ring (bicyclic) bond motifs is 1. The molecule has 0 fully saturated rings. The number of carbonyl (C=O) groups is 1. The summed E-state index contributed by atoms with van der Waals surface area (Å²) in [4.78, 5) is 12.6. The molecule has 1 atom stereocenters. The fourth-order valence-electron chi connectivity index (χ4n) is 4.44. The Morgan fingerprint density at radius 3 is 2.66 bits per heavy atom. The highest BCUT2D eigenvalue weighted by atomic mass is 16.5. The maximum Gasteiger partial charge on any atom is 0.328 e. The first-order valence-electron chi connectivity index (χ1n) is 11.7. The third-order valence-corrected chi connectivity index (χ3v) is 6.76. The number of aliphatic carboxylic acids is 1. The van der Waals surface area contributed by atoms with Gasteiger partial charge in [0.05, 0.1) is 25.5 Å². The molecule has 0 radical (unpaired) electrons. The van der Waals surface area contributed by atoms with Gasteiger partial charge in [0.15, 0.2) is 0 Å². The molecule has 1 aliphatic heterocycles. The summed E-state index contributed by atoms with van der Waals surface area (Å²) in [7, 11) is 0. The fraction of sp³-hybridized carbons (Fsp3) is 0.370. The molecule has 8 heteroatoms. The lowest BCUT2D eigenvalue weighted by Gasteiger charge is -2.38. The van der Waals surface area contributed by atoms with E-state index < -0.39 is 11.6 Å². The van der Waals surface area contributed by atoms with E-state index in [1.54, 1.807) is 17.2 Å². The number of aromatic nitrogens is 3.